The molecule has 0 aromatic heterocycles. The average Bonchev–Trinajstić information content (AvgIpc) is 2.53. The fraction of sp³-hybridized carbons (Fsp3) is 0.250. The number of methoxy groups -OCH3 is 1. The maximum absolute atomic E-state index is 11.9. The molecule has 4 rings (SSSR count). The van der Waals surface area contributed by atoms with Crippen LogP contribution in [0.2, 0.25) is 0 Å². The zero-order valence-electron chi connectivity index (χ0n) is 8.80. The Morgan fingerprint density at radius 3 is 2.94 bits per heavy atom. The molecular weight excluding hydrogens is 204 g/mol. The quantitative estimate of drug-likeness (QED) is 0.661. The second kappa shape index (κ2) is 3.01. The number of hydrogen-bond acceptors (Lipinski definition) is 4. The zero-order chi connectivity index (χ0) is 11.2. The van der Waals surface area contributed by atoms with Crippen molar-refractivity contribution in [2.24, 2.45) is 9.98 Å². The van der Waals surface area contributed by atoms with E-state index in [0.717, 1.165) is 11.1 Å². The summed E-state index contributed by atoms with van der Waals surface area (Å²) in [5.41, 5.74) is 0.966. The van der Waals surface area contributed by atoms with E-state index in [1.807, 2.05) is 24.3 Å². The van der Waals surface area contributed by atoms with Gasteiger partial charge in [-0.25, -0.2) is 14.8 Å². The van der Waals surface area contributed by atoms with Crippen LogP contribution in [0.15, 0.2) is 34.3 Å². The topological polar surface area (TPSA) is 51.0 Å². The summed E-state index contributed by atoms with van der Waals surface area (Å²) < 4.78 is 4.84. The summed E-state index contributed by atoms with van der Waals surface area (Å²) in [7, 11) is 1.39. The monoisotopic (exact) mass is 214 g/mol. The number of benzene rings is 1. The van der Waals surface area contributed by atoms with Crippen molar-refractivity contribution in [1.29, 1.82) is 0 Å². The van der Waals surface area contributed by atoms with E-state index in [-0.39, 0.29) is 5.97 Å². The van der Waals surface area contributed by atoms with Crippen LogP contribution in [0.1, 0.15) is 17.5 Å². The third kappa shape index (κ3) is 1.01. The Hall–Kier alpha value is -1.97. The van der Waals surface area contributed by atoms with Gasteiger partial charge in [0.2, 0.25) is 0 Å². The number of hydrogen-bond donors (Lipinski definition) is 0. The van der Waals surface area contributed by atoms with Crippen molar-refractivity contribution in [3.63, 3.8) is 0 Å². The summed E-state index contributed by atoms with van der Waals surface area (Å²) in [5.74, 6) is 0.399. The van der Waals surface area contributed by atoms with E-state index in [4.69, 9.17) is 4.74 Å². The van der Waals surface area contributed by atoms with Gasteiger partial charge in [-0.15, -0.1) is 0 Å². The summed E-state index contributed by atoms with van der Waals surface area (Å²) in [6.45, 7) is 0. The number of ether oxygens (including phenoxy) is 1. The first kappa shape index (κ1) is 9.27. The Balaban J connectivity index is 2.22. The van der Waals surface area contributed by atoms with Crippen molar-refractivity contribution >= 4 is 18.0 Å². The molecule has 4 heteroatoms. The van der Waals surface area contributed by atoms with Crippen LogP contribution in [-0.4, -0.2) is 25.1 Å². The average molecular weight is 214 g/mol. The molecule has 16 heavy (non-hydrogen) atoms. The molecular formula is C12H10N2O2. The van der Waals surface area contributed by atoms with Crippen LogP contribution in [0, 0.1) is 0 Å². The Morgan fingerprint density at radius 1 is 1.44 bits per heavy atom. The molecule has 0 N–H and O–H groups in total. The summed E-state index contributed by atoms with van der Waals surface area (Å²) in [4.78, 5) is 20.4. The van der Waals surface area contributed by atoms with Gasteiger partial charge in [0, 0.05) is 18.2 Å². The van der Waals surface area contributed by atoms with Gasteiger partial charge in [0.05, 0.1) is 7.11 Å². The van der Waals surface area contributed by atoms with E-state index in [1.54, 1.807) is 6.21 Å². The number of amidine groups is 1. The lowest BCUT2D eigenvalue weighted by molar-refractivity contribution is -0.147. The molecule has 0 spiro atoms. The van der Waals surface area contributed by atoms with Gasteiger partial charge in [-0.2, -0.15) is 0 Å². The number of esters is 1. The highest BCUT2D eigenvalue weighted by molar-refractivity contribution is 6.08. The minimum absolute atomic E-state index is 0.311. The van der Waals surface area contributed by atoms with Gasteiger partial charge in [-0.1, -0.05) is 24.3 Å². The Kier molecular flexibility index (Phi) is 1.74. The molecule has 1 aromatic rings. The summed E-state index contributed by atoms with van der Waals surface area (Å²) in [5, 5.41) is 0. The molecule has 3 aliphatic heterocycles. The number of rotatable bonds is 1. The molecule has 4 nitrogen and oxygen atoms in total. The standard InChI is InChI=1S/C12H10N2O2/c1-16-11(15)12-6-10(14-12)13-7-8-4-2-3-5-9(8)12/h2-5,7H,6H2,1H3. The van der Waals surface area contributed by atoms with Crippen molar-refractivity contribution in [2.75, 3.05) is 7.11 Å². The van der Waals surface area contributed by atoms with Crippen LogP contribution >= 0.6 is 0 Å². The molecule has 3 aliphatic rings. The van der Waals surface area contributed by atoms with Crippen LogP contribution in [0.3, 0.4) is 0 Å². The molecule has 0 saturated carbocycles. The summed E-state index contributed by atoms with van der Waals surface area (Å²) >= 11 is 0. The fourth-order valence-electron chi connectivity index (χ4n) is 2.19. The molecule has 0 amide bonds. The second-order valence-corrected chi connectivity index (χ2v) is 3.90. The smallest absolute Gasteiger partial charge is 0.338 e. The molecule has 1 unspecified atom stereocenters. The molecule has 0 aliphatic carbocycles. The molecule has 2 bridgehead atoms. The highest BCUT2D eigenvalue weighted by Crippen LogP contribution is 2.42. The van der Waals surface area contributed by atoms with Crippen LogP contribution in [0.4, 0.5) is 0 Å². The minimum Gasteiger partial charge on any atom is -0.467 e. The van der Waals surface area contributed by atoms with Crippen LogP contribution in [0.5, 0.6) is 0 Å². The van der Waals surface area contributed by atoms with Crippen molar-refractivity contribution < 1.29 is 9.53 Å². The van der Waals surface area contributed by atoms with Gasteiger partial charge in [0.1, 0.15) is 5.84 Å². The Labute approximate surface area is 92.7 Å². The van der Waals surface area contributed by atoms with E-state index < -0.39 is 5.54 Å². The molecule has 1 aromatic carbocycles. The first-order valence-corrected chi connectivity index (χ1v) is 5.07. The number of carbonyl (C=O) groups excluding carboxylic acids is 1. The maximum atomic E-state index is 11.9. The Bertz CT molecular complexity index is 534. The zero-order valence-corrected chi connectivity index (χ0v) is 8.80. The van der Waals surface area contributed by atoms with Gasteiger partial charge in [0.25, 0.3) is 0 Å². The SMILES string of the molecule is COC(=O)C12CC(=N1)N=Cc1ccccc12. The van der Waals surface area contributed by atoms with Crippen molar-refractivity contribution in [2.45, 2.75) is 12.0 Å². The second-order valence-electron chi connectivity index (χ2n) is 3.90. The first-order valence-electron chi connectivity index (χ1n) is 5.07. The lowest BCUT2D eigenvalue weighted by atomic mass is 9.81. The fourth-order valence-corrected chi connectivity index (χ4v) is 2.19. The van der Waals surface area contributed by atoms with Gasteiger partial charge in [-0.3, -0.25) is 0 Å². The van der Waals surface area contributed by atoms with Crippen molar-refractivity contribution in [3.8, 4) is 0 Å². The highest BCUT2D eigenvalue weighted by Gasteiger charge is 2.50. The molecule has 80 valence electrons. The van der Waals surface area contributed by atoms with E-state index in [2.05, 4.69) is 9.98 Å². The molecule has 0 saturated heterocycles. The normalized spacial score (nSPS) is 24.9. The molecule has 0 radical (unpaired) electrons. The van der Waals surface area contributed by atoms with Gasteiger partial charge >= 0.3 is 5.97 Å². The van der Waals surface area contributed by atoms with E-state index >= 15 is 0 Å². The van der Waals surface area contributed by atoms with Crippen LogP contribution in [-0.2, 0) is 15.1 Å². The number of nitrogens with zero attached hydrogens (tertiary/aromatic N) is 2. The Morgan fingerprint density at radius 2 is 2.19 bits per heavy atom. The highest BCUT2D eigenvalue weighted by atomic mass is 16.5. The predicted octanol–water partition coefficient (Wildman–Crippen LogP) is 1.29. The van der Waals surface area contributed by atoms with E-state index in [9.17, 15) is 4.79 Å². The van der Waals surface area contributed by atoms with Crippen LogP contribution in [0.25, 0.3) is 0 Å². The van der Waals surface area contributed by atoms with E-state index in [0.29, 0.717) is 12.3 Å². The van der Waals surface area contributed by atoms with Crippen molar-refractivity contribution in [1.82, 2.24) is 0 Å². The molecule has 0 fully saturated rings. The predicted molar refractivity (Wildman–Crippen MR) is 59.8 cm³/mol. The third-order valence-corrected chi connectivity index (χ3v) is 3.02. The lowest BCUT2D eigenvalue weighted by Gasteiger charge is -2.33. The first-order chi connectivity index (χ1) is 7.76. The number of carbonyl (C=O) groups is 1. The largest absolute Gasteiger partial charge is 0.467 e. The van der Waals surface area contributed by atoms with Gasteiger partial charge < -0.3 is 4.74 Å². The van der Waals surface area contributed by atoms with Gasteiger partial charge in [0.15, 0.2) is 5.54 Å². The molecule has 1 atom stereocenters. The minimum atomic E-state index is -0.850. The summed E-state index contributed by atoms with van der Waals surface area (Å²) in [6.07, 6.45) is 2.29. The molecule has 3 heterocycles. The lowest BCUT2D eigenvalue weighted by Crippen LogP contribution is -2.43. The van der Waals surface area contributed by atoms with Crippen LogP contribution < -0.4 is 0 Å². The van der Waals surface area contributed by atoms with Crippen molar-refractivity contribution in [3.05, 3.63) is 35.4 Å². The van der Waals surface area contributed by atoms with Gasteiger partial charge in [-0.05, 0) is 5.56 Å². The number of aliphatic imine (C=N–C) groups is 2. The maximum Gasteiger partial charge on any atom is 0.338 e. The summed E-state index contributed by atoms with van der Waals surface area (Å²) in [6, 6.07) is 7.66. The van der Waals surface area contributed by atoms with E-state index in [1.165, 1.54) is 7.11 Å². The third-order valence-electron chi connectivity index (χ3n) is 3.02.